The fraction of sp³-hybridized carbons (Fsp3) is 0.167. The van der Waals surface area contributed by atoms with Crippen molar-refractivity contribution in [2.45, 2.75) is 6.42 Å². The number of ether oxygens (including phenoxy) is 1. The average Bonchev–Trinajstić information content (AvgIpc) is 2.89. The predicted octanol–water partition coefficient (Wildman–Crippen LogP) is 2.02. The van der Waals surface area contributed by atoms with Gasteiger partial charge in [-0.2, -0.15) is 0 Å². The number of hydrogen-bond acceptors (Lipinski definition) is 5. The smallest absolute Gasteiger partial charge is 0.284 e. The molecule has 0 fully saturated rings. The van der Waals surface area contributed by atoms with E-state index in [-0.39, 0.29) is 0 Å². The lowest BCUT2D eigenvalue weighted by molar-refractivity contribution is 0.0949. The van der Waals surface area contributed by atoms with Gasteiger partial charge in [0.05, 0.1) is 16.6 Å². The van der Waals surface area contributed by atoms with Gasteiger partial charge in [0.2, 0.25) is 0 Å². The number of para-hydroxylation sites is 1. The van der Waals surface area contributed by atoms with Gasteiger partial charge < -0.3 is 4.74 Å². The maximum absolute atomic E-state index is 11.2. The van der Waals surface area contributed by atoms with Crippen molar-refractivity contribution in [1.82, 2.24) is 10.4 Å². The minimum Gasteiger partial charge on any atom is -0.492 e. The van der Waals surface area contributed by atoms with Crippen molar-refractivity contribution in [3.05, 3.63) is 45.4 Å². The Labute approximate surface area is 119 Å². The second-order valence-electron chi connectivity index (χ2n) is 3.63. The Bertz CT molecular complexity index is 574. The zero-order valence-corrected chi connectivity index (χ0v) is 11.5. The summed E-state index contributed by atoms with van der Waals surface area (Å²) in [6, 6.07) is 7.27. The number of carbonyl (C=O) groups is 1. The van der Waals surface area contributed by atoms with Crippen molar-refractivity contribution in [3.63, 3.8) is 0 Å². The number of hydrogen-bond donors (Lipinski definition) is 2. The summed E-state index contributed by atoms with van der Waals surface area (Å²) in [5, 5.41) is 3.04. The Morgan fingerprint density at radius 1 is 1.47 bits per heavy atom. The van der Waals surface area contributed by atoms with Crippen molar-refractivity contribution in [2.24, 2.45) is 5.84 Å². The quantitative estimate of drug-likeness (QED) is 0.503. The van der Waals surface area contributed by atoms with Gasteiger partial charge in [-0.1, -0.05) is 23.7 Å². The molecule has 1 aromatic heterocycles. The van der Waals surface area contributed by atoms with E-state index in [1.165, 1.54) is 11.3 Å². The van der Waals surface area contributed by atoms with Gasteiger partial charge in [-0.25, -0.2) is 10.8 Å². The van der Waals surface area contributed by atoms with E-state index < -0.39 is 5.91 Å². The highest BCUT2D eigenvalue weighted by atomic mass is 35.5. The summed E-state index contributed by atoms with van der Waals surface area (Å²) in [5.74, 6) is 5.28. The molecule has 0 saturated carbocycles. The van der Waals surface area contributed by atoms with Gasteiger partial charge in [-0.15, -0.1) is 11.3 Å². The van der Waals surface area contributed by atoms with E-state index in [1.54, 1.807) is 17.5 Å². The molecule has 1 amide bonds. The lowest BCUT2D eigenvalue weighted by Gasteiger charge is -2.06. The van der Waals surface area contributed by atoms with E-state index in [2.05, 4.69) is 4.98 Å². The summed E-state index contributed by atoms with van der Waals surface area (Å²) in [4.78, 5) is 15.4. The molecule has 2 rings (SSSR count). The third kappa shape index (κ3) is 3.66. The third-order valence-electron chi connectivity index (χ3n) is 2.33. The number of nitrogens with two attached hydrogens (primary N) is 1. The van der Waals surface area contributed by atoms with Gasteiger partial charge in [0.25, 0.3) is 5.91 Å². The van der Waals surface area contributed by atoms with E-state index in [4.69, 9.17) is 22.2 Å². The second kappa shape index (κ2) is 6.51. The number of amides is 1. The van der Waals surface area contributed by atoms with Crippen molar-refractivity contribution < 1.29 is 9.53 Å². The topological polar surface area (TPSA) is 77.2 Å². The van der Waals surface area contributed by atoms with Crippen LogP contribution >= 0.6 is 22.9 Å². The molecule has 5 nitrogen and oxygen atoms in total. The Morgan fingerprint density at radius 2 is 2.26 bits per heavy atom. The van der Waals surface area contributed by atoms with E-state index in [9.17, 15) is 4.79 Å². The highest BCUT2D eigenvalue weighted by molar-refractivity contribution is 7.09. The first-order valence-electron chi connectivity index (χ1n) is 5.53. The molecule has 0 spiro atoms. The van der Waals surface area contributed by atoms with Gasteiger partial charge >= 0.3 is 0 Å². The van der Waals surface area contributed by atoms with E-state index in [1.807, 2.05) is 17.6 Å². The molecule has 1 aromatic carbocycles. The van der Waals surface area contributed by atoms with E-state index in [0.717, 1.165) is 5.01 Å². The Hall–Kier alpha value is -1.63. The molecular formula is C12H12ClN3O2S. The van der Waals surface area contributed by atoms with Crippen LogP contribution in [0.2, 0.25) is 5.02 Å². The fourth-order valence-electron chi connectivity index (χ4n) is 1.41. The molecule has 0 unspecified atom stereocenters. The molecule has 3 N–H and O–H groups in total. The first-order valence-corrected chi connectivity index (χ1v) is 6.79. The number of hydrazine groups is 1. The molecule has 2 aromatic rings. The van der Waals surface area contributed by atoms with E-state index in [0.29, 0.717) is 29.5 Å². The van der Waals surface area contributed by atoms with Gasteiger partial charge in [0, 0.05) is 11.8 Å². The molecule has 0 bridgehead atoms. The van der Waals surface area contributed by atoms with Crippen molar-refractivity contribution in [2.75, 3.05) is 6.61 Å². The average molecular weight is 298 g/mol. The van der Waals surface area contributed by atoms with Crippen molar-refractivity contribution in [1.29, 1.82) is 0 Å². The van der Waals surface area contributed by atoms with Crippen LogP contribution in [0.15, 0.2) is 29.6 Å². The van der Waals surface area contributed by atoms with Crippen LogP contribution in [0.1, 0.15) is 15.5 Å². The van der Waals surface area contributed by atoms with Crippen LogP contribution in [0, 0.1) is 0 Å². The zero-order valence-electron chi connectivity index (χ0n) is 9.93. The first kappa shape index (κ1) is 13.8. The SMILES string of the molecule is NNC(=O)c1csc(CCOc2ccccc2Cl)n1. The molecule has 19 heavy (non-hydrogen) atoms. The maximum atomic E-state index is 11.2. The monoisotopic (exact) mass is 297 g/mol. The summed E-state index contributed by atoms with van der Waals surface area (Å²) in [7, 11) is 0. The van der Waals surface area contributed by atoms with Crippen LogP contribution in [-0.2, 0) is 6.42 Å². The number of thiazole rings is 1. The lowest BCUT2D eigenvalue weighted by atomic mass is 10.3. The number of benzene rings is 1. The highest BCUT2D eigenvalue weighted by Gasteiger charge is 2.09. The molecule has 7 heteroatoms. The maximum Gasteiger partial charge on any atom is 0.284 e. The number of carbonyl (C=O) groups excluding carboxylic acids is 1. The summed E-state index contributed by atoms with van der Waals surface area (Å²) in [6.07, 6.45) is 0.605. The summed E-state index contributed by atoms with van der Waals surface area (Å²) < 4.78 is 5.55. The van der Waals surface area contributed by atoms with Crippen LogP contribution in [-0.4, -0.2) is 17.5 Å². The molecule has 0 atom stereocenters. The number of nitrogens with one attached hydrogen (secondary N) is 1. The molecule has 1 heterocycles. The Balaban J connectivity index is 1.88. The first-order chi connectivity index (χ1) is 9.20. The van der Waals surface area contributed by atoms with Crippen molar-refractivity contribution >= 4 is 28.8 Å². The van der Waals surface area contributed by atoms with Crippen LogP contribution in [0.4, 0.5) is 0 Å². The minimum absolute atomic E-state index is 0.320. The number of halogens is 1. The highest BCUT2D eigenvalue weighted by Crippen LogP contribution is 2.23. The molecule has 0 radical (unpaired) electrons. The van der Waals surface area contributed by atoms with Gasteiger partial charge in [-0.3, -0.25) is 10.2 Å². The summed E-state index contributed by atoms with van der Waals surface area (Å²) in [6.45, 7) is 0.445. The molecule has 100 valence electrons. The van der Waals surface area contributed by atoms with Crippen molar-refractivity contribution in [3.8, 4) is 5.75 Å². The number of nitrogens with zero attached hydrogens (tertiary/aromatic N) is 1. The normalized spacial score (nSPS) is 10.2. The Morgan fingerprint density at radius 3 is 3.00 bits per heavy atom. The summed E-state index contributed by atoms with van der Waals surface area (Å²) in [5.41, 5.74) is 2.36. The van der Waals surface area contributed by atoms with Gasteiger partial charge in [0.1, 0.15) is 11.4 Å². The lowest BCUT2D eigenvalue weighted by Crippen LogP contribution is -2.30. The van der Waals surface area contributed by atoms with Crippen LogP contribution in [0.3, 0.4) is 0 Å². The standard InChI is InChI=1S/C12H12ClN3O2S/c13-8-3-1-2-4-10(8)18-6-5-11-15-9(7-19-11)12(17)16-14/h1-4,7H,5-6,14H2,(H,16,17). The van der Waals surface area contributed by atoms with Crippen LogP contribution < -0.4 is 16.0 Å². The third-order valence-corrected chi connectivity index (χ3v) is 3.55. The molecule has 0 aliphatic carbocycles. The number of aromatic nitrogens is 1. The minimum atomic E-state index is -0.394. The van der Waals surface area contributed by atoms with Gasteiger partial charge in [0.15, 0.2) is 0 Å². The number of rotatable bonds is 5. The molecule has 0 saturated heterocycles. The molecule has 0 aliphatic heterocycles. The molecular weight excluding hydrogens is 286 g/mol. The van der Waals surface area contributed by atoms with Gasteiger partial charge in [-0.05, 0) is 12.1 Å². The zero-order chi connectivity index (χ0) is 13.7. The predicted molar refractivity (Wildman–Crippen MR) is 74.4 cm³/mol. The number of nitrogen functional groups attached to an aromatic ring is 1. The Kier molecular flexibility index (Phi) is 4.73. The van der Waals surface area contributed by atoms with E-state index >= 15 is 0 Å². The van der Waals surface area contributed by atoms with Crippen LogP contribution in [0.5, 0.6) is 5.75 Å². The van der Waals surface area contributed by atoms with Crippen LogP contribution in [0.25, 0.3) is 0 Å². The summed E-state index contributed by atoms with van der Waals surface area (Å²) >= 11 is 7.36. The fourth-order valence-corrected chi connectivity index (χ4v) is 2.36. The molecule has 0 aliphatic rings. The largest absolute Gasteiger partial charge is 0.492 e. The second-order valence-corrected chi connectivity index (χ2v) is 4.98.